The topological polar surface area (TPSA) is 9.86 Å². The van der Waals surface area contributed by atoms with Gasteiger partial charge < -0.3 is 9.13 Å². The SMILES string of the molecule is c1ccc(-c2cc(-c3c4cccc(-c5cccc6c5-c5ccccc5C65c6ccccc6-n6c7ccccc7c7cccc5c76)c4cc4c(-c5cccc6c5-c5ccccc5C65c6ccccc6-n6c7ccccc7c7cccc5c76)cccc34)cc3ccccc23)cc1. The van der Waals surface area contributed by atoms with Gasteiger partial charge in [-0.05, 0) is 186 Å². The predicted octanol–water partition coefficient (Wildman–Crippen LogP) is 23.4. The molecular formula is C92H54N2. The fourth-order valence-corrected chi connectivity index (χ4v) is 18.9. The van der Waals surface area contributed by atoms with Gasteiger partial charge in [-0.3, -0.25) is 0 Å². The predicted molar refractivity (Wildman–Crippen MR) is 391 cm³/mol. The minimum absolute atomic E-state index is 0.598. The van der Waals surface area contributed by atoms with E-state index in [0.29, 0.717) is 0 Å². The van der Waals surface area contributed by atoms with E-state index in [9.17, 15) is 0 Å². The van der Waals surface area contributed by atoms with Crippen LogP contribution < -0.4 is 0 Å². The van der Waals surface area contributed by atoms with Gasteiger partial charge in [0.15, 0.2) is 0 Å². The van der Waals surface area contributed by atoms with Crippen LogP contribution in [-0.2, 0) is 10.8 Å². The molecule has 16 aromatic carbocycles. The molecule has 2 atom stereocenters. The zero-order valence-electron chi connectivity index (χ0n) is 51.1. The molecule has 2 aliphatic carbocycles. The molecule has 0 saturated heterocycles. The van der Waals surface area contributed by atoms with E-state index in [1.54, 1.807) is 0 Å². The van der Waals surface area contributed by atoms with E-state index in [0.717, 1.165) is 0 Å². The Morgan fingerprint density at radius 2 is 0.574 bits per heavy atom. The van der Waals surface area contributed by atoms with Gasteiger partial charge in [-0.1, -0.05) is 285 Å². The van der Waals surface area contributed by atoms with Crippen LogP contribution in [0, 0.1) is 0 Å². The van der Waals surface area contributed by atoms with Gasteiger partial charge >= 0.3 is 0 Å². The third kappa shape index (κ3) is 6.13. The van der Waals surface area contributed by atoms with Gasteiger partial charge in [0.05, 0.1) is 44.3 Å². The van der Waals surface area contributed by atoms with Crippen LogP contribution in [-0.4, -0.2) is 9.13 Å². The first-order valence-corrected chi connectivity index (χ1v) is 33.0. The van der Waals surface area contributed by atoms with Crippen molar-refractivity contribution in [3.63, 3.8) is 0 Å². The van der Waals surface area contributed by atoms with Crippen molar-refractivity contribution in [2.24, 2.45) is 0 Å². The number of hydrogen-bond acceptors (Lipinski definition) is 0. The smallest absolute Gasteiger partial charge is 0.0754 e. The second kappa shape index (κ2) is 18.3. The first-order valence-electron chi connectivity index (χ1n) is 33.0. The quantitative estimate of drug-likeness (QED) is 0.155. The molecule has 2 heteroatoms. The summed E-state index contributed by atoms with van der Waals surface area (Å²) < 4.78 is 5.09. The molecule has 0 fully saturated rings. The molecule has 0 N–H and O–H groups in total. The van der Waals surface area contributed by atoms with Crippen molar-refractivity contribution in [1.82, 2.24) is 9.13 Å². The van der Waals surface area contributed by atoms with Crippen molar-refractivity contribution in [3.05, 3.63) is 372 Å². The molecule has 2 spiro atoms. The van der Waals surface area contributed by atoms with E-state index in [2.05, 4.69) is 337 Å². The largest absolute Gasteiger partial charge is 0.309 e. The van der Waals surface area contributed by atoms with Crippen LogP contribution in [0.1, 0.15) is 44.5 Å². The Hall–Kier alpha value is -12.1. The summed E-state index contributed by atoms with van der Waals surface area (Å²) >= 11 is 0. The number of aromatic nitrogens is 2. The number of fused-ring (bicyclic) bond motifs is 27. The number of rotatable bonds is 4. The second-order valence-electron chi connectivity index (χ2n) is 26.4. The van der Waals surface area contributed by atoms with E-state index in [4.69, 9.17) is 0 Å². The van der Waals surface area contributed by atoms with Crippen LogP contribution in [0.25, 0.3) is 154 Å². The standard InChI is InChI=1S/C92H54N2/c1-2-24-55(25-3-1)71-53-57(52-56-26-4-5-27-58(56)71)86-65-34-18-32-59(63-36-20-44-78-87(63)69-30-6-10-40-74(69)91(78)76-42-12-16-50-84(76)93-82-48-14-8-28-61(82)67-38-22-46-80(91)89(67)93)72(65)54-73-60(33-19-35-66(73)86)64-37-21-45-79-88(64)70-31-7-11-41-75(70)92(79)77-43-13-17-51-85(77)94-83-49-15-9-29-62(83)68-39-23-47-81(92)90(68)94/h1-54H. The molecule has 0 amide bonds. The van der Waals surface area contributed by atoms with Crippen LogP contribution in [0.5, 0.6) is 0 Å². The lowest BCUT2D eigenvalue weighted by Crippen LogP contribution is -2.33. The molecule has 0 radical (unpaired) electrons. The van der Waals surface area contributed by atoms with E-state index in [1.165, 1.54) is 199 Å². The second-order valence-corrected chi connectivity index (χ2v) is 26.4. The average Bonchev–Trinajstić information content (AvgIpc) is 1.48. The molecule has 0 saturated carbocycles. The van der Waals surface area contributed by atoms with Crippen LogP contribution >= 0.6 is 0 Å². The highest BCUT2D eigenvalue weighted by atomic mass is 15.0. The molecular weight excluding hydrogens is 1130 g/mol. The minimum Gasteiger partial charge on any atom is -0.309 e. The summed E-state index contributed by atoms with van der Waals surface area (Å²) in [6, 6.07) is 125. The van der Waals surface area contributed by atoms with Crippen LogP contribution in [0.15, 0.2) is 328 Å². The van der Waals surface area contributed by atoms with Crippen molar-refractivity contribution in [3.8, 4) is 78.1 Å². The summed E-state index contributed by atoms with van der Waals surface area (Å²) in [6.07, 6.45) is 0. The third-order valence-corrected chi connectivity index (χ3v) is 22.3. The molecule has 22 rings (SSSR count). The van der Waals surface area contributed by atoms with Crippen molar-refractivity contribution < 1.29 is 0 Å². The third-order valence-electron chi connectivity index (χ3n) is 22.3. The summed E-state index contributed by atoms with van der Waals surface area (Å²) in [5.74, 6) is 0. The highest BCUT2D eigenvalue weighted by molar-refractivity contribution is 6.22. The number of hydrogen-bond donors (Lipinski definition) is 0. The monoisotopic (exact) mass is 1190 g/mol. The average molecular weight is 1190 g/mol. The maximum atomic E-state index is 2.58. The zero-order valence-corrected chi connectivity index (χ0v) is 51.1. The number of nitrogens with zero attached hydrogens (tertiary/aromatic N) is 2. The number of benzene rings is 16. The van der Waals surface area contributed by atoms with Gasteiger partial charge in [-0.25, -0.2) is 0 Å². The lowest BCUT2D eigenvalue weighted by atomic mass is 9.65. The normalized spacial score (nSPS) is 16.0. The Kier molecular flexibility index (Phi) is 9.87. The van der Waals surface area contributed by atoms with E-state index in [1.807, 2.05) is 0 Å². The van der Waals surface area contributed by atoms with Crippen molar-refractivity contribution in [1.29, 1.82) is 0 Å². The van der Waals surface area contributed by atoms with Gasteiger partial charge in [0.1, 0.15) is 0 Å². The summed E-state index contributed by atoms with van der Waals surface area (Å²) in [5.41, 5.74) is 31.7. The molecule has 432 valence electrons. The van der Waals surface area contributed by atoms with Crippen molar-refractivity contribution in [2.45, 2.75) is 10.8 Å². The maximum absolute atomic E-state index is 2.58. The maximum Gasteiger partial charge on any atom is 0.0754 e. The first kappa shape index (κ1) is 50.6. The van der Waals surface area contributed by atoms with Gasteiger partial charge in [0.25, 0.3) is 0 Å². The van der Waals surface area contributed by atoms with Gasteiger partial charge in [0.2, 0.25) is 0 Å². The van der Waals surface area contributed by atoms with Gasteiger partial charge in [-0.15, -0.1) is 0 Å². The summed E-state index contributed by atoms with van der Waals surface area (Å²) in [7, 11) is 0. The minimum atomic E-state index is -0.598. The van der Waals surface area contributed by atoms with Crippen molar-refractivity contribution >= 4 is 75.9 Å². The molecule has 2 aliphatic heterocycles. The molecule has 18 aromatic rings. The summed E-state index contributed by atoms with van der Waals surface area (Å²) in [4.78, 5) is 0. The Balaban J connectivity index is 0.852. The van der Waals surface area contributed by atoms with E-state index >= 15 is 0 Å². The Bertz CT molecular complexity index is 6100. The van der Waals surface area contributed by atoms with Crippen LogP contribution in [0.3, 0.4) is 0 Å². The number of para-hydroxylation sites is 6. The molecule has 2 aromatic heterocycles. The Labute approximate surface area is 542 Å². The Morgan fingerprint density at radius 1 is 0.191 bits per heavy atom. The lowest BCUT2D eigenvalue weighted by molar-refractivity contribution is 0.748. The van der Waals surface area contributed by atoms with Crippen LogP contribution in [0.2, 0.25) is 0 Å². The molecule has 4 aliphatic rings. The van der Waals surface area contributed by atoms with Gasteiger partial charge in [0, 0.05) is 21.5 Å². The summed E-state index contributed by atoms with van der Waals surface area (Å²) in [6.45, 7) is 0. The van der Waals surface area contributed by atoms with Crippen molar-refractivity contribution in [2.75, 3.05) is 0 Å². The molecule has 94 heavy (non-hydrogen) atoms. The molecule has 2 nitrogen and oxygen atoms in total. The molecule has 0 bridgehead atoms. The van der Waals surface area contributed by atoms with Crippen LogP contribution in [0.4, 0.5) is 0 Å². The fraction of sp³-hybridized carbons (Fsp3) is 0.0217. The first-order chi connectivity index (χ1) is 46.7. The van der Waals surface area contributed by atoms with Gasteiger partial charge in [-0.2, -0.15) is 0 Å². The lowest BCUT2D eigenvalue weighted by Gasteiger charge is -2.39. The van der Waals surface area contributed by atoms with E-state index in [-0.39, 0.29) is 0 Å². The highest BCUT2D eigenvalue weighted by Crippen LogP contribution is 2.65. The zero-order chi connectivity index (χ0) is 61.1. The molecule has 4 heterocycles. The fourth-order valence-electron chi connectivity index (χ4n) is 18.9. The van der Waals surface area contributed by atoms with E-state index < -0.39 is 10.8 Å². The highest BCUT2D eigenvalue weighted by Gasteiger charge is 2.53. The molecule has 2 unspecified atom stereocenters. The summed E-state index contributed by atoms with van der Waals surface area (Å²) in [5, 5.41) is 12.4. The Morgan fingerprint density at radius 3 is 1.13 bits per heavy atom.